The molecule has 0 aliphatic heterocycles. The zero-order valence-electron chi connectivity index (χ0n) is 16.8. The number of hydrogen-bond donors (Lipinski definition) is 0. The molecule has 140 valence electrons. The third kappa shape index (κ3) is 2.83. The van der Waals surface area contributed by atoms with Crippen molar-refractivity contribution in [3.05, 3.63) is 72.3 Å². The van der Waals surface area contributed by atoms with Crippen LogP contribution in [0.2, 0.25) is 0 Å². The molecule has 0 atom stereocenters. The predicted octanol–water partition coefficient (Wildman–Crippen LogP) is 8.64. The van der Waals surface area contributed by atoms with Crippen LogP contribution in [0, 0.1) is 0 Å². The van der Waals surface area contributed by atoms with Crippen LogP contribution in [-0.2, 0) is 6.42 Å². The lowest BCUT2D eigenvalue weighted by molar-refractivity contribution is 0.608. The second kappa shape index (κ2) is 7.43. The summed E-state index contributed by atoms with van der Waals surface area (Å²) in [5.74, 6) is 0. The zero-order chi connectivity index (χ0) is 18.9. The molecule has 0 radical (unpaired) electrons. The molecule has 0 nitrogen and oxygen atoms in total. The molecule has 5 rings (SSSR count). The van der Waals surface area contributed by atoms with Gasteiger partial charge in [0.25, 0.3) is 0 Å². The molecule has 0 fully saturated rings. The average Bonchev–Trinajstić information content (AvgIpc) is 2.74. The van der Waals surface area contributed by atoms with Gasteiger partial charge in [-0.15, -0.1) is 0 Å². The van der Waals surface area contributed by atoms with Crippen molar-refractivity contribution in [3.63, 3.8) is 0 Å². The van der Waals surface area contributed by atoms with E-state index in [9.17, 15) is 0 Å². The number of aryl methyl sites for hydroxylation is 1. The van der Waals surface area contributed by atoms with Gasteiger partial charge in [-0.1, -0.05) is 106 Å². The van der Waals surface area contributed by atoms with Crippen molar-refractivity contribution in [1.82, 2.24) is 0 Å². The first-order chi connectivity index (χ1) is 13.9. The van der Waals surface area contributed by atoms with E-state index >= 15 is 0 Å². The van der Waals surface area contributed by atoms with Crippen molar-refractivity contribution < 1.29 is 0 Å². The number of fused-ring (bicyclic) bond motifs is 2. The van der Waals surface area contributed by atoms with Gasteiger partial charge in [-0.2, -0.15) is 0 Å². The molecule has 0 spiro atoms. The predicted molar refractivity (Wildman–Crippen MR) is 125 cm³/mol. The Bertz CT molecular complexity index is 1240. The molecular formula is C28H28. The molecule has 0 unspecified atom stereocenters. The van der Waals surface area contributed by atoms with Crippen molar-refractivity contribution in [2.24, 2.45) is 0 Å². The summed E-state index contributed by atoms with van der Waals surface area (Å²) in [7, 11) is 0. The van der Waals surface area contributed by atoms with Crippen molar-refractivity contribution in [2.45, 2.75) is 51.9 Å². The fraction of sp³-hybridized carbons (Fsp3) is 0.286. The Morgan fingerprint density at radius 3 is 1.86 bits per heavy atom. The number of rotatable bonds is 7. The quantitative estimate of drug-likeness (QED) is 0.154. The first-order valence-electron chi connectivity index (χ1n) is 11.0. The van der Waals surface area contributed by atoms with Crippen LogP contribution in [0.25, 0.3) is 43.1 Å². The van der Waals surface area contributed by atoms with Gasteiger partial charge in [0, 0.05) is 0 Å². The molecular weight excluding hydrogens is 336 g/mol. The van der Waals surface area contributed by atoms with E-state index in [1.807, 2.05) is 0 Å². The Morgan fingerprint density at radius 1 is 0.500 bits per heavy atom. The summed E-state index contributed by atoms with van der Waals surface area (Å²) in [5, 5.41) is 11.3. The highest BCUT2D eigenvalue weighted by molar-refractivity contribution is 6.33. The molecule has 0 N–H and O–H groups in total. The van der Waals surface area contributed by atoms with E-state index in [0.29, 0.717) is 0 Å². The minimum atomic E-state index is 1.18. The highest BCUT2D eigenvalue weighted by Crippen LogP contribution is 2.41. The van der Waals surface area contributed by atoms with Crippen LogP contribution in [0.5, 0.6) is 0 Å². The van der Waals surface area contributed by atoms with E-state index in [4.69, 9.17) is 0 Å². The molecule has 0 bridgehead atoms. The summed E-state index contributed by atoms with van der Waals surface area (Å²) in [6, 6.07) is 25.1. The maximum atomic E-state index is 2.39. The van der Waals surface area contributed by atoms with Crippen LogP contribution in [0.15, 0.2) is 66.7 Å². The minimum Gasteiger partial charge on any atom is -0.0654 e. The highest BCUT2D eigenvalue weighted by atomic mass is 14.2. The molecule has 5 aromatic carbocycles. The van der Waals surface area contributed by atoms with Gasteiger partial charge in [-0.05, 0) is 61.5 Å². The van der Waals surface area contributed by atoms with Crippen molar-refractivity contribution >= 4 is 43.1 Å². The normalized spacial score (nSPS) is 12.0. The van der Waals surface area contributed by atoms with Crippen LogP contribution in [0.3, 0.4) is 0 Å². The topological polar surface area (TPSA) is 0 Å². The Morgan fingerprint density at radius 2 is 1.11 bits per heavy atom. The third-order valence-electron chi connectivity index (χ3n) is 6.40. The summed E-state index contributed by atoms with van der Waals surface area (Å²) in [6.07, 6.45) is 9.29. The van der Waals surface area contributed by atoms with Gasteiger partial charge in [0.05, 0.1) is 0 Å². The first-order valence-corrected chi connectivity index (χ1v) is 11.0. The van der Waals surface area contributed by atoms with Gasteiger partial charge in [0.2, 0.25) is 0 Å². The molecule has 0 aliphatic rings. The highest BCUT2D eigenvalue weighted by Gasteiger charge is 2.14. The van der Waals surface area contributed by atoms with Gasteiger partial charge in [-0.3, -0.25) is 0 Å². The van der Waals surface area contributed by atoms with Gasteiger partial charge >= 0.3 is 0 Å². The molecule has 0 saturated carbocycles. The number of unbranched alkanes of at least 4 members (excludes halogenated alkanes) is 5. The fourth-order valence-electron chi connectivity index (χ4n) is 5.03. The smallest absolute Gasteiger partial charge is 0.00236 e. The van der Waals surface area contributed by atoms with Crippen LogP contribution in [0.1, 0.15) is 51.0 Å². The van der Waals surface area contributed by atoms with E-state index in [-0.39, 0.29) is 0 Å². The summed E-state index contributed by atoms with van der Waals surface area (Å²) >= 11 is 0. The Labute approximate surface area is 167 Å². The Kier molecular flexibility index (Phi) is 4.64. The second-order valence-electron chi connectivity index (χ2n) is 8.23. The van der Waals surface area contributed by atoms with Crippen molar-refractivity contribution in [1.29, 1.82) is 0 Å². The lowest BCUT2D eigenvalue weighted by Crippen LogP contribution is -1.93. The largest absolute Gasteiger partial charge is 0.0654 e. The first kappa shape index (κ1) is 17.5. The third-order valence-corrected chi connectivity index (χ3v) is 6.40. The van der Waals surface area contributed by atoms with E-state index in [1.54, 1.807) is 0 Å². The fourth-order valence-corrected chi connectivity index (χ4v) is 5.03. The zero-order valence-corrected chi connectivity index (χ0v) is 16.8. The lowest BCUT2D eigenvalue weighted by Gasteiger charge is -2.17. The molecule has 0 heteroatoms. The SMILES string of the molecule is CCCCCCCCc1ccc2cccc3c4cccc5cccc(c1c23)c54. The van der Waals surface area contributed by atoms with Gasteiger partial charge < -0.3 is 0 Å². The molecule has 0 amide bonds. The molecule has 5 aromatic rings. The standard InChI is InChI=1S/C28H28/c1-2-3-4-5-6-7-11-21-18-19-22-14-9-16-24-23-15-8-12-20-13-10-17-25(26(20)23)28(21)27(22)24/h8-10,12-19H,2-7,11H2,1H3. The number of hydrogen-bond acceptors (Lipinski definition) is 0. The Hall–Kier alpha value is -2.60. The molecule has 0 aromatic heterocycles. The molecule has 28 heavy (non-hydrogen) atoms. The molecule has 0 heterocycles. The molecule has 0 saturated heterocycles. The Balaban J connectivity index is 1.68. The summed E-state index contributed by atoms with van der Waals surface area (Å²) in [5.41, 5.74) is 1.53. The van der Waals surface area contributed by atoms with E-state index in [1.165, 1.54) is 93.6 Å². The maximum Gasteiger partial charge on any atom is -0.00236 e. The van der Waals surface area contributed by atoms with Crippen molar-refractivity contribution in [2.75, 3.05) is 0 Å². The second-order valence-corrected chi connectivity index (χ2v) is 8.23. The lowest BCUT2D eigenvalue weighted by atomic mass is 9.86. The summed E-state index contributed by atoms with van der Waals surface area (Å²) < 4.78 is 0. The van der Waals surface area contributed by atoms with Gasteiger partial charge in [-0.25, -0.2) is 0 Å². The van der Waals surface area contributed by atoms with Gasteiger partial charge in [0.15, 0.2) is 0 Å². The van der Waals surface area contributed by atoms with Crippen LogP contribution in [-0.4, -0.2) is 0 Å². The molecule has 0 aliphatic carbocycles. The monoisotopic (exact) mass is 364 g/mol. The summed E-state index contributed by atoms with van der Waals surface area (Å²) in [6.45, 7) is 2.29. The number of benzene rings is 5. The van der Waals surface area contributed by atoms with Gasteiger partial charge in [0.1, 0.15) is 0 Å². The van der Waals surface area contributed by atoms with E-state index in [2.05, 4.69) is 73.7 Å². The maximum absolute atomic E-state index is 2.39. The van der Waals surface area contributed by atoms with Crippen LogP contribution < -0.4 is 0 Å². The average molecular weight is 365 g/mol. The van der Waals surface area contributed by atoms with Crippen LogP contribution >= 0.6 is 0 Å². The van der Waals surface area contributed by atoms with E-state index < -0.39 is 0 Å². The summed E-state index contributed by atoms with van der Waals surface area (Å²) in [4.78, 5) is 0. The van der Waals surface area contributed by atoms with Crippen molar-refractivity contribution in [3.8, 4) is 0 Å². The van der Waals surface area contributed by atoms with Crippen LogP contribution in [0.4, 0.5) is 0 Å². The van der Waals surface area contributed by atoms with E-state index in [0.717, 1.165) is 0 Å². The minimum absolute atomic E-state index is 1.18.